The first-order chi connectivity index (χ1) is 7.78. The van der Waals surface area contributed by atoms with Gasteiger partial charge in [0, 0.05) is 17.5 Å². The van der Waals surface area contributed by atoms with Crippen LogP contribution >= 0.6 is 11.8 Å². The molecule has 0 radical (unpaired) electrons. The van der Waals surface area contributed by atoms with Gasteiger partial charge >= 0.3 is 0 Å². The lowest BCUT2D eigenvalue weighted by atomic mass is 10.0. The molecule has 3 nitrogen and oxygen atoms in total. The monoisotopic (exact) mass is 234 g/mol. The lowest BCUT2D eigenvalue weighted by Crippen LogP contribution is -2.36. The number of nitrogens with zero attached hydrogens (tertiary/aromatic N) is 1. The van der Waals surface area contributed by atoms with Gasteiger partial charge in [0.15, 0.2) is 0 Å². The first-order valence-electron chi connectivity index (χ1n) is 5.19. The predicted octanol–water partition coefficient (Wildman–Crippen LogP) is 2.51. The third kappa shape index (κ3) is 2.25. The van der Waals surface area contributed by atoms with Crippen molar-refractivity contribution in [2.45, 2.75) is 12.0 Å². The van der Waals surface area contributed by atoms with Crippen LogP contribution in [0.1, 0.15) is 6.42 Å². The van der Waals surface area contributed by atoms with Crippen molar-refractivity contribution in [1.29, 1.82) is 5.26 Å². The minimum atomic E-state index is -0.406. The number of ether oxygens (including phenoxy) is 1. The minimum absolute atomic E-state index is 0.406. The van der Waals surface area contributed by atoms with Crippen LogP contribution in [0.15, 0.2) is 24.3 Å². The van der Waals surface area contributed by atoms with Crippen molar-refractivity contribution >= 4 is 17.4 Å². The maximum atomic E-state index is 9.25. The number of nitrogens with one attached hydrogen (secondary N) is 1. The van der Waals surface area contributed by atoms with Gasteiger partial charge in [-0.1, -0.05) is 6.07 Å². The lowest BCUT2D eigenvalue weighted by Gasteiger charge is -2.22. The number of anilines is 1. The molecular formula is C12H14N2OS. The van der Waals surface area contributed by atoms with Crippen LogP contribution < -0.4 is 10.1 Å². The third-order valence-corrected chi connectivity index (χ3v) is 3.88. The van der Waals surface area contributed by atoms with Gasteiger partial charge in [-0.2, -0.15) is 17.0 Å². The third-order valence-electron chi connectivity index (χ3n) is 2.69. The van der Waals surface area contributed by atoms with Crippen LogP contribution in [0.3, 0.4) is 0 Å². The standard InChI is InChI=1S/C12H14N2OS/c1-15-11-4-2-3-10(7-11)14-12(8-13)5-6-16-9-12/h2-4,7,14H,5-6,9H2,1H3. The summed E-state index contributed by atoms with van der Waals surface area (Å²) in [5, 5.41) is 12.6. The fourth-order valence-electron chi connectivity index (χ4n) is 1.76. The predicted molar refractivity (Wildman–Crippen MR) is 66.9 cm³/mol. The summed E-state index contributed by atoms with van der Waals surface area (Å²) in [5.74, 6) is 2.70. The van der Waals surface area contributed by atoms with Crippen LogP contribution in [0.5, 0.6) is 5.75 Å². The molecule has 1 atom stereocenters. The van der Waals surface area contributed by atoms with Crippen LogP contribution in [0.4, 0.5) is 5.69 Å². The van der Waals surface area contributed by atoms with Gasteiger partial charge in [-0.15, -0.1) is 0 Å². The van der Waals surface area contributed by atoms with E-state index in [1.165, 1.54) is 0 Å². The fraction of sp³-hybridized carbons (Fsp3) is 0.417. The Balaban J connectivity index is 2.16. The number of benzene rings is 1. The fourth-order valence-corrected chi connectivity index (χ4v) is 3.02. The van der Waals surface area contributed by atoms with Gasteiger partial charge in [-0.3, -0.25) is 0 Å². The summed E-state index contributed by atoms with van der Waals surface area (Å²) in [7, 11) is 1.64. The molecule has 0 saturated carbocycles. The van der Waals surface area contributed by atoms with Crippen molar-refractivity contribution < 1.29 is 4.74 Å². The quantitative estimate of drug-likeness (QED) is 0.872. The van der Waals surface area contributed by atoms with Crippen molar-refractivity contribution in [3.63, 3.8) is 0 Å². The molecule has 0 aliphatic carbocycles. The molecule has 1 N–H and O–H groups in total. The van der Waals surface area contributed by atoms with E-state index in [2.05, 4.69) is 11.4 Å². The van der Waals surface area contributed by atoms with E-state index in [9.17, 15) is 5.26 Å². The molecule has 16 heavy (non-hydrogen) atoms. The second-order valence-electron chi connectivity index (χ2n) is 3.85. The van der Waals surface area contributed by atoms with E-state index in [0.717, 1.165) is 29.4 Å². The summed E-state index contributed by atoms with van der Waals surface area (Å²) in [5.41, 5.74) is 0.542. The van der Waals surface area contributed by atoms with E-state index < -0.39 is 5.54 Å². The van der Waals surface area contributed by atoms with Gasteiger partial charge < -0.3 is 10.1 Å². The Morgan fingerprint density at radius 1 is 1.56 bits per heavy atom. The molecule has 1 saturated heterocycles. The molecule has 1 aromatic carbocycles. The minimum Gasteiger partial charge on any atom is -0.497 e. The Labute approximate surface area is 99.8 Å². The Kier molecular flexibility index (Phi) is 3.25. The number of hydrogen-bond donors (Lipinski definition) is 1. The maximum Gasteiger partial charge on any atom is 0.135 e. The molecule has 1 aromatic rings. The zero-order valence-corrected chi connectivity index (χ0v) is 10.0. The Morgan fingerprint density at radius 2 is 2.44 bits per heavy atom. The molecule has 1 heterocycles. The van der Waals surface area contributed by atoms with Crippen molar-refractivity contribution in [3.8, 4) is 11.8 Å². The van der Waals surface area contributed by atoms with Gasteiger partial charge in [0.25, 0.3) is 0 Å². The zero-order chi connectivity index (χ0) is 11.4. The van der Waals surface area contributed by atoms with Crippen molar-refractivity contribution in [2.75, 3.05) is 23.9 Å². The van der Waals surface area contributed by atoms with Gasteiger partial charge in [0.2, 0.25) is 0 Å². The largest absolute Gasteiger partial charge is 0.497 e. The molecule has 1 fully saturated rings. The average molecular weight is 234 g/mol. The smallest absolute Gasteiger partial charge is 0.135 e. The average Bonchev–Trinajstić information content (AvgIpc) is 2.78. The molecule has 4 heteroatoms. The van der Waals surface area contributed by atoms with E-state index in [-0.39, 0.29) is 0 Å². The van der Waals surface area contributed by atoms with Crippen LogP contribution in [-0.4, -0.2) is 24.2 Å². The van der Waals surface area contributed by atoms with Crippen molar-refractivity contribution in [3.05, 3.63) is 24.3 Å². The Hall–Kier alpha value is -1.34. The second kappa shape index (κ2) is 4.67. The van der Waals surface area contributed by atoms with Crippen LogP contribution in [0.2, 0.25) is 0 Å². The Morgan fingerprint density at radius 3 is 3.06 bits per heavy atom. The topological polar surface area (TPSA) is 45.0 Å². The maximum absolute atomic E-state index is 9.25. The van der Waals surface area contributed by atoms with Gasteiger partial charge in [0.1, 0.15) is 11.3 Å². The summed E-state index contributed by atoms with van der Waals surface area (Å²) in [6.45, 7) is 0. The summed E-state index contributed by atoms with van der Waals surface area (Å²) in [6, 6.07) is 10.1. The molecule has 0 bridgehead atoms. The Bertz CT molecular complexity index is 408. The summed E-state index contributed by atoms with van der Waals surface area (Å²) in [6.07, 6.45) is 0.894. The summed E-state index contributed by atoms with van der Waals surface area (Å²) < 4.78 is 5.16. The number of rotatable bonds is 3. The van der Waals surface area contributed by atoms with Crippen LogP contribution in [0, 0.1) is 11.3 Å². The summed E-state index contributed by atoms with van der Waals surface area (Å²) in [4.78, 5) is 0. The second-order valence-corrected chi connectivity index (χ2v) is 4.96. The first-order valence-corrected chi connectivity index (χ1v) is 6.35. The van der Waals surface area contributed by atoms with Crippen molar-refractivity contribution in [2.24, 2.45) is 0 Å². The van der Waals surface area contributed by atoms with Gasteiger partial charge in [-0.05, 0) is 24.3 Å². The zero-order valence-electron chi connectivity index (χ0n) is 9.19. The number of methoxy groups -OCH3 is 1. The highest BCUT2D eigenvalue weighted by atomic mass is 32.2. The highest BCUT2D eigenvalue weighted by Gasteiger charge is 2.34. The van der Waals surface area contributed by atoms with Gasteiger partial charge in [-0.25, -0.2) is 0 Å². The molecule has 0 spiro atoms. The molecule has 1 aliphatic heterocycles. The molecule has 1 unspecified atom stereocenters. The molecule has 2 rings (SSSR count). The molecule has 84 valence electrons. The lowest BCUT2D eigenvalue weighted by molar-refractivity contribution is 0.415. The highest BCUT2D eigenvalue weighted by Crippen LogP contribution is 2.31. The molecular weight excluding hydrogens is 220 g/mol. The van der Waals surface area contributed by atoms with Crippen LogP contribution in [-0.2, 0) is 0 Å². The van der Waals surface area contributed by atoms with Crippen molar-refractivity contribution in [1.82, 2.24) is 0 Å². The van der Waals surface area contributed by atoms with Crippen LogP contribution in [0.25, 0.3) is 0 Å². The summed E-state index contributed by atoms with van der Waals surface area (Å²) >= 11 is 1.82. The van der Waals surface area contributed by atoms with Gasteiger partial charge in [0.05, 0.1) is 13.2 Å². The van der Waals surface area contributed by atoms with E-state index in [1.807, 2.05) is 36.0 Å². The van der Waals surface area contributed by atoms with E-state index >= 15 is 0 Å². The van der Waals surface area contributed by atoms with E-state index in [1.54, 1.807) is 7.11 Å². The van der Waals surface area contributed by atoms with E-state index in [4.69, 9.17) is 4.74 Å². The highest BCUT2D eigenvalue weighted by molar-refractivity contribution is 7.99. The number of nitriles is 1. The normalized spacial score (nSPS) is 23.8. The SMILES string of the molecule is COc1cccc(NC2(C#N)CCSC2)c1. The number of thioether (sulfide) groups is 1. The number of hydrogen-bond acceptors (Lipinski definition) is 4. The molecule has 1 aliphatic rings. The van der Waals surface area contributed by atoms with E-state index in [0.29, 0.717) is 0 Å². The first kappa shape index (κ1) is 11.2. The molecule has 0 amide bonds. The molecule has 0 aromatic heterocycles.